The van der Waals surface area contributed by atoms with Gasteiger partial charge in [-0.25, -0.2) is 9.50 Å². The maximum Gasteiger partial charge on any atom is 0.155 e. The zero-order valence-electron chi connectivity index (χ0n) is 12.7. The molecule has 1 unspecified atom stereocenters. The van der Waals surface area contributed by atoms with Crippen LogP contribution in [0.25, 0.3) is 5.65 Å². The molecule has 20 heavy (non-hydrogen) atoms. The van der Waals surface area contributed by atoms with Gasteiger partial charge in [-0.1, -0.05) is 12.5 Å². The van der Waals surface area contributed by atoms with Gasteiger partial charge in [-0.3, -0.25) is 4.90 Å². The predicted molar refractivity (Wildman–Crippen MR) is 80.9 cm³/mol. The standard InChI is InChI=1S/C16H24N4/c1-12(2)19-9-5-4-6-14(19)10-15-17-16-8-7-13(3)11-20(16)18-15/h7-8,11-12,14H,4-6,9-10H2,1-3H3. The number of hydrogen-bond donors (Lipinski definition) is 0. The molecule has 1 aliphatic heterocycles. The number of likely N-dealkylation sites (tertiary alicyclic amines) is 1. The third kappa shape index (κ3) is 2.70. The molecule has 0 amide bonds. The normalized spacial score (nSPS) is 20.9. The second kappa shape index (κ2) is 5.52. The van der Waals surface area contributed by atoms with Gasteiger partial charge in [0.15, 0.2) is 11.5 Å². The first kappa shape index (κ1) is 13.6. The van der Waals surface area contributed by atoms with E-state index in [2.05, 4.69) is 41.8 Å². The van der Waals surface area contributed by atoms with Crippen molar-refractivity contribution in [1.82, 2.24) is 19.5 Å². The maximum absolute atomic E-state index is 4.67. The van der Waals surface area contributed by atoms with Crippen LogP contribution in [0.4, 0.5) is 0 Å². The molecule has 1 atom stereocenters. The van der Waals surface area contributed by atoms with Gasteiger partial charge in [0.25, 0.3) is 0 Å². The Kier molecular flexibility index (Phi) is 3.74. The molecule has 4 nitrogen and oxygen atoms in total. The molecule has 0 bridgehead atoms. The molecule has 0 radical (unpaired) electrons. The van der Waals surface area contributed by atoms with E-state index in [1.165, 1.54) is 31.4 Å². The average molecular weight is 272 g/mol. The molecule has 0 aromatic carbocycles. The molecule has 4 heteroatoms. The van der Waals surface area contributed by atoms with Gasteiger partial charge in [-0.2, -0.15) is 5.10 Å². The van der Waals surface area contributed by atoms with E-state index in [-0.39, 0.29) is 0 Å². The number of aryl methyl sites for hydroxylation is 1. The number of piperidine rings is 1. The van der Waals surface area contributed by atoms with E-state index in [0.29, 0.717) is 12.1 Å². The van der Waals surface area contributed by atoms with Gasteiger partial charge in [0.2, 0.25) is 0 Å². The third-order valence-corrected chi connectivity index (χ3v) is 4.28. The molecule has 0 spiro atoms. The highest BCUT2D eigenvalue weighted by molar-refractivity contribution is 5.38. The van der Waals surface area contributed by atoms with E-state index in [4.69, 9.17) is 0 Å². The van der Waals surface area contributed by atoms with E-state index >= 15 is 0 Å². The van der Waals surface area contributed by atoms with Gasteiger partial charge < -0.3 is 0 Å². The Morgan fingerprint density at radius 1 is 1.30 bits per heavy atom. The Labute approximate surface area is 120 Å². The van der Waals surface area contributed by atoms with Gasteiger partial charge in [0.05, 0.1) is 0 Å². The zero-order valence-corrected chi connectivity index (χ0v) is 12.7. The summed E-state index contributed by atoms with van der Waals surface area (Å²) in [5.74, 6) is 0.980. The minimum absolute atomic E-state index is 0.599. The lowest BCUT2D eigenvalue weighted by molar-refractivity contribution is 0.110. The molecule has 0 aliphatic carbocycles. The first-order valence-electron chi connectivity index (χ1n) is 7.71. The highest BCUT2D eigenvalue weighted by Crippen LogP contribution is 2.22. The van der Waals surface area contributed by atoms with Crippen LogP contribution in [0.1, 0.15) is 44.5 Å². The van der Waals surface area contributed by atoms with Crippen LogP contribution in [0.2, 0.25) is 0 Å². The molecular weight excluding hydrogens is 248 g/mol. The Bertz CT molecular complexity index is 587. The Hall–Kier alpha value is -1.42. The van der Waals surface area contributed by atoms with E-state index in [1.54, 1.807) is 0 Å². The monoisotopic (exact) mass is 272 g/mol. The number of pyridine rings is 1. The first-order valence-corrected chi connectivity index (χ1v) is 7.71. The third-order valence-electron chi connectivity index (χ3n) is 4.28. The van der Waals surface area contributed by atoms with Crippen LogP contribution < -0.4 is 0 Å². The number of rotatable bonds is 3. The number of aromatic nitrogens is 3. The molecule has 1 saturated heterocycles. The summed E-state index contributed by atoms with van der Waals surface area (Å²) in [5.41, 5.74) is 2.17. The molecule has 0 saturated carbocycles. The highest BCUT2D eigenvalue weighted by Gasteiger charge is 2.25. The zero-order chi connectivity index (χ0) is 14.1. The van der Waals surface area contributed by atoms with Crippen molar-refractivity contribution in [3.05, 3.63) is 29.7 Å². The Balaban J connectivity index is 1.80. The summed E-state index contributed by atoms with van der Waals surface area (Å²) in [5, 5.41) is 4.64. The van der Waals surface area contributed by atoms with Crippen LogP contribution in [-0.2, 0) is 6.42 Å². The van der Waals surface area contributed by atoms with Crippen LogP contribution in [-0.4, -0.2) is 38.1 Å². The van der Waals surface area contributed by atoms with E-state index in [9.17, 15) is 0 Å². The highest BCUT2D eigenvalue weighted by atomic mass is 15.3. The first-order chi connectivity index (χ1) is 9.63. The topological polar surface area (TPSA) is 33.4 Å². The molecule has 1 fully saturated rings. The van der Waals surface area contributed by atoms with Crippen molar-refractivity contribution in [2.75, 3.05) is 6.54 Å². The van der Waals surface area contributed by atoms with Crippen LogP contribution in [0.15, 0.2) is 18.3 Å². The minimum atomic E-state index is 0.599. The quantitative estimate of drug-likeness (QED) is 0.861. The Morgan fingerprint density at radius 3 is 2.95 bits per heavy atom. The summed E-state index contributed by atoms with van der Waals surface area (Å²) >= 11 is 0. The number of hydrogen-bond acceptors (Lipinski definition) is 3. The SMILES string of the molecule is Cc1ccc2nc(CC3CCCCN3C(C)C)nn2c1. The van der Waals surface area contributed by atoms with Crippen molar-refractivity contribution in [2.45, 2.75) is 58.5 Å². The molecule has 2 aromatic rings. The minimum Gasteiger partial charge on any atom is -0.298 e. The van der Waals surface area contributed by atoms with Gasteiger partial charge in [-0.05, 0) is 51.8 Å². The summed E-state index contributed by atoms with van der Waals surface area (Å²) in [6, 6.07) is 5.35. The lowest BCUT2D eigenvalue weighted by Gasteiger charge is -2.38. The van der Waals surface area contributed by atoms with E-state index < -0.39 is 0 Å². The lowest BCUT2D eigenvalue weighted by Crippen LogP contribution is -2.45. The number of fused-ring (bicyclic) bond motifs is 1. The van der Waals surface area contributed by atoms with Gasteiger partial charge in [-0.15, -0.1) is 0 Å². The fraction of sp³-hybridized carbons (Fsp3) is 0.625. The van der Waals surface area contributed by atoms with Crippen molar-refractivity contribution in [3.8, 4) is 0 Å². The van der Waals surface area contributed by atoms with E-state index in [1.807, 2.05) is 16.8 Å². The van der Waals surface area contributed by atoms with Crippen LogP contribution >= 0.6 is 0 Å². The van der Waals surface area contributed by atoms with Crippen molar-refractivity contribution in [1.29, 1.82) is 0 Å². The molecule has 1 aliphatic rings. The second-order valence-corrected chi connectivity index (χ2v) is 6.22. The second-order valence-electron chi connectivity index (χ2n) is 6.22. The summed E-state index contributed by atoms with van der Waals surface area (Å²) in [6.07, 6.45) is 6.95. The largest absolute Gasteiger partial charge is 0.298 e. The van der Waals surface area contributed by atoms with Crippen molar-refractivity contribution < 1.29 is 0 Å². The molecule has 0 N–H and O–H groups in total. The average Bonchev–Trinajstić information content (AvgIpc) is 2.80. The van der Waals surface area contributed by atoms with E-state index in [0.717, 1.165) is 17.9 Å². The Morgan fingerprint density at radius 2 is 2.15 bits per heavy atom. The maximum atomic E-state index is 4.67. The van der Waals surface area contributed by atoms with Crippen molar-refractivity contribution in [2.24, 2.45) is 0 Å². The summed E-state index contributed by atoms with van der Waals surface area (Å²) < 4.78 is 1.91. The predicted octanol–water partition coefficient (Wildman–Crippen LogP) is 2.84. The van der Waals surface area contributed by atoms with Crippen LogP contribution in [0.5, 0.6) is 0 Å². The molecule has 3 heterocycles. The van der Waals surface area contributed by atoms with Gasteiger partial charge in [0.1, 0.15) is 0 Å². The molecule has 2 aromatic heterocycles. The van der Waals surface area contributed by atoms with Crippen molar-refractivity contribution in [3.63, 3.8) is 0 Å². The molecule has 108 valence electrons. The van der Waals surface area contributed by atoms with Gasteiger partial charge >= 0.3 is 0 Å². The smallest absolute Gasteiger partial charge is 0.155 e. The molecule has 3 rings (SSSR count). The summed E-state index contributed by atoms with van der Waals surface area (Å²) in [7, 11) is 0. The number of nitrogens with zero attached hydrogens (tertiary/aromatic N) is 4. The van der Waals surface area contributed by atoms with Crippen molar-refractivity contribution >= 4 is 5.65 Å². The summed E-state index contributed by atoms with van der Waals surface area (Å²) in [4.78, 5) is 7.28. The fourth-order valence-corrected chi connectivity index (χ4v) is 3.25. The van der Waals surface area contributed by atoms with Crippen LogP contribution in [0, 0.1) is 6.92 Å². The lowest BCUT2D eigenvalue weighted by atomic mass is 9.97. The fourth-order valence-electron chi connectivity index (χ4n) is 3.25. The molecular formula is C16H24N4. The van der Waals surface area contributed by atoms with Crippen LogP contribution in [0.3, 0.4) is 0 Å². The summed E-state index contributed by atoms with van der Waals surface area (Å²) in [6.45, 7) is 7.88. The van der Waals surface area contributed by atoms with Gasteiger partial charge in [0, 0.05) is 24.7 Å².